The second-order valence-electron chi connectivity index (χ2n) is 9.60. The third kappa shape index (κ3) is 7.17. The predicted octanol–water partition coefficient (Wildman–Crippen LogP) is 4.69. The molecule has 1 aliphatic heterocycles. The zero-order chi connectivity index (χ0) is 28.4. The minimum absolute atomic E-state index is 0.0710. The number of rotatable bonds is 7. The Hall–Kier alpha value is -3.40. The molecule has 210 valence electrons. The van der Waals surface area contributed by atoms with E-state index in [-0.39, 0.29) is 41.1 Å². The summed E-state index contributed by atoms with van der Waals surface area (Å²) in [5.74, 6) is 5.96. The number of halogens is 3. The fourth-order valence-electron chi connectivity index (χ4n) is 4.88. The summed E-state index contributed by atoms with van der Waals surface area (Å²) in [6.45, 7) is 2.92. The van der Waals surface area contributed by atoms with Crippen molar-refractivity contribution in [2.45, 2.75) is 62.6 Å². The van der Waals surface area contributed by atoms with E-state index in [1.165, 1.54) is 29.9 Å². The van der Waals surface area contributed by atoms with Gasteiger partial charge in [0.05, 0.1) is 47.7 Å². The number of benzene rings is 2. The zero-order valence-corrected chi connectivity index (χ0v) is 22.6. The van der Waals surface area contributed by atoms with Crippen LogP contribution in [0.4, 0.5) is 24.5 Å². The molecule has 0 spiro atoms. The average Bonchev–Trinajstić information content (AvgIpc) is 3.17. The van der Waals surface area contributed by atoms with E-state index in [9.17, 15) is 21.6 Å². The minimum atomic E-state index is -4.44. The van der Waals surface area contributed by atoms with Crippen LogP contribution < -0.4 is 20.5 Å². The Kier molecular flexibility index (Phi) is 8.34. The number of nitrogens with two attached hydrogens (primary N) is 1. The molecule has 39 heavy (non-hydrogen) atoms. The average molecular weight is 565 g/mol. The molecule has 1 fully saturated rings. The number of alkyl halides is 3. The second kappa shape index (κ2) is 11.4. The molecule has 3 aromatic rings. The molecule has 0 radical (unpaired) electrons. The fraction of sp³-hybridized carbons (Fsp3) is 0.407. The molecule has 0 bridgehead atoms. The maximum atomic E-state index is 13.5. The third-order valence-electron chi connectivity index (χ3n) is 6.43. The number of hydrogen-bond donors (Lipinski definition) is 3. The highest BCUT2D eigenvalue weighted by atomic mass is 32.2. The van der Waals surface area contributed by atoms with Gasteiger partial charge >= 0.3 is 6.18 Å². The predicted molar refractivity (Wildman–Crippen MR) is 144 cm³/mol. The Balaban J connectivity index is 1.61. The zero-order valence-electron chi connectivity index (χ0n) is 21.8. The van der Waals surface area contributed by atoms with Crippen molar-refractivity contribution < 1.29 is 31.1 Å². The number of anilines is 2. The summed E-state index contributed by atoms with van der Waals surface area (Å²) >= 11 is 0. The van der Waals surface area contributed by atoms with Crippen molar-refractivity contribution in [1.29, 1.82) is 0 Å². The van der Waals surface area contributed by atoms with Crippen molar-refractivity contribution >= 4 is 32.3 Å². The van der Waals surface area contributed by atoms with E-state index in [0.29, 0.717) is 16.6 Å². The van der Waals surface area contributed by atoms with E-state index in [4.69, 9.17) is 14.6 Å². The van der Waals surface area contributed by atoms with E-state index in [2.05, 4.69) is 22.5 Å². The van der Waals surface area contributed by atoms with Gasteiger partial charge in [0.15, 0.2) is 0 Å². The molecule has 1 aliphatic rings. The number of nitrogens with one attached hydrogen (secondary N) is 2. The molecule has 2 atom stereocenters. The van der Waals surface area contributed by atoms with Crippen LogP contribution in [0.25, 0.3) is 10.9 Å². The van der Waals surface area contributed by atoms with Gasteiger partial charge in [-0.2, -0.15) is 13.2 Å². The fourth-order valence-corrected chi connectivity index (χ4v) is 5.40. The summed E-state index contributed by atoms with van der Waals surface area (Å²) in [6, 6.07) is 11.1. The molecular weight excluding hydrogens is 533 g/mol. The first-order valence-corrected chi connectivity index (χ1v) is 13.9. The molecule has 2 unspecified atom stereocenters. The lowest BCUT2D eigenvalue weighted by Gasteiger charge is -2.33. The van der Waals surface area contributed by atoms with Crippen LogP contribution in [0.1, 0.15) is 32.4 Å². The molecule has 8 nitrogen and oxygen atoms in total. The Morgan fingerprint density at radius 1 is 1.13 bits per heavy atom. The minimum Gasteiger partial charge on any atom is -0.495 e. The maximum absolute atomic E-state index is 13.5. The van der Waals surface area contributed by atoms with Crippen LogP contribution in [0.15, 0.2) is 47.4 Å². The van der Waals surface area contributed by atoms with E-state index >= 15 is 0 Å². The van der Waals surface area contributed by atoms with Crippen molar-refractivity contribution in [1.82, 2.24) is 4.57 Å². The second-order valence-corrected chi connectivity index (χ2v) is 11.2. The summed E-state index contributed by atoms with van der Waals surface area (Å²) < 4.78 is 75.9. The standard InChI is InChI=1S/C27H31F3N4O4S/c1-17-12-19(13-18(2)38-17)33-23-7-4-8-25-22(23)14-20(34(25)16-27(28,29)30)6-5-11-32-24-10-9-21(39(31,35)36)15-26(24)37-3/h4,7-10,14-15,17-19,32-33H,11-13,16H2,1-3H3,(H2,31,35,36). The van der Waals surface area contributed by atoms with Crippen molar-refractivity contribution in [2.24, 2.45) is 5.14 Å². The Morgan fingerprint density at radius 2 is 1.85 bits per heavy atom. The number of aromatic nitrogens is 1. The first-order chi connectivity index (χ1) is 18.3. The topological polar surface area (TPSA) is 108 Å². The molecule has 1 saturated heterocycles. The monoisotopic (exact) mass is 564 g/mol. The van der Waals surface area contributed by atoms with Crippen LogP contribution in [-0.2, 0) is 21.3 Å². The molecule has 2 heterocycles. The van der Waals surface area contributed by atoms with Crippen LogP contribution in [0.3, 0.4) is 0 Å². The number of ether oxygens (including phenoxy) is 2. The number of primary sulfonamides is 1. The first kappa shape index (κ1) is 28.6. The van der Waals surface area contributed by atoms with Crippen LogP contribution in [0.2, 0.25) is 0 Å². The van der Waals surface area contributed by atoms with Crippen molar-refractivity contribution in [3.63, 3.8) is 0 Å². The van der Waals surface area contributed by atoms with E-state index in [0.717, 1.165) is 18.5 Å². The highest BCUT2D eigenvalue weighted by molar-refractivity contribution is 7.89. The Bertz CT molecular complexity index is 1500. The molecule has 0 amide bonds. The van der Waals surface area contributed by atoms with Gasteiger partial charge in [0.1, 0.15) is 12.3 Å². The third-order valence-corrected chi connectivity index (χ3v) is 7.34. The molecule has 4 rings (SSSR count). The smallest absolute Gasteiger partial charge is 0.406 e. The van der Waals surface area contributed by atoms with Crippen LogP contribution in [0.5, 0.6) is 5.75 Å². The molecule has 0 aliphatic carbocycles. The molecule has 2 aromatic carbocycles. The lowest BCUT2D eigenvalue weighted by atomic mass is 9.99. The van der Waals surface area contributed by atoms with Gasteiger partial charge in [-0.25, -0.2) is 13.6 Å². The summed E-state index contributed by atoms with van der Waals surface area (Å²) in [4.78, 5) is -0.110. The van der Waals surface area contributed by atoms with Crippen LogP contribution in [-0.4, -0.2) is 51.1 Å². The van der Waals surface area contributed by atoms with Gasteiger partial charge in [-0.3, -0.25) is 0 Å². The summed E-state index contributed by atoms with van der Waals surface area (Å²) in [5, 5.41) is 12.3. The van der Waals surface area contributed by atoms with Gasteiger partial charge in [-0.1, -0.05) is 12.0 Å². The summed E-state index contributed by atoms with van der Waals surface area (Å²) in [6.07, 6.45) is -2.67. The molecular formula is C27H31F3N4O4S. The van der Waals surface area contributed by atoms with E-state index < -0.39 is 22.7 Å². The van der Waals surface area contributed by atoms with Crippen LogP contribution in [0, 0.1) is 11.8 Å². The normalized spacial score (nSPS) is 19.8. The Morgan fingerprint density at radius 3 is 2.49 bits per heavy atom. The van der Waals surface area contributed by atoms with Crippen LogP contribution >= 0.6 is 0 Å². The van der Waals surface area contributed by atoms with Gasteiger partial charge in [0, 0.05) is 23.2 Å². The SMILES string of the molecule is COc1cc(S(N)(=O)=O)ccc1NCC#Cc1cc2c(NC3CC(C)OC(C)C3)cccc2n1CC(F)(F)F. The molecule has 12 heteroatoms. The lowest BCUT2D eigenvalue weighted by molar-refractivity contribution is -0.140. The van der Waals surface area contributed by atoms with Gasteiger partial charge in [-0.15, -0.1) is 0 Å². The van der Waals surface area contributed by atoms with Crippen molar-refractivity contribution in [3.05, 3.63) is 48.2 Å². The number of hydrogen-bond acceptors (Lipinski definition) is 6. The van der Waals surface area contributed by atoms with E-state index in [1.807, 2.05) is 19.9 Å². The quantitative estimate of drug-likeness (QED) is 0.360. The van der Waals surface area contributed by atoms with Crippen molar-refractivity contribution in [3.8, 4) is 17.6 Å². The van der Waals surface area contributed by atoms with Gasteiger partial charge in [0.25, 0.3) is 0 Å². The first-order valence-electron chi connectivity index (χ1n) is 12.4. The molecule has 4 N–H and O–H groups in total. The largest absolute Gasteiger partial charge is 0.495 e. The molecule has 1 aromatic heterocycles. The Labute approximate surface area is 225 Å². The molecule has 0 saturated carbocycles. The summed E-state index contributed by atoms with van der Waals surface area (Å²) in [7, 11) is -2.53. The van der Waals surface area contributed by atoms with Gasteiger partial charge in [-0.05, 0) is 62.9 Å². The number of methoxy groups -OCH3 is 1. The number of sulfonamides is 1. The highest BCUT2D eigenvalue weighted by Gasteiger charge is 2.30. The van der Waals surface area contributed by atoms with Gasteiger partial charge < -0.3 is 24.7 Å². The lowest BCUT2D eigenvalue weighted by Crippen LogP contribution is -2.36. The number of fused-ring (bicyclic) bond motifs is 1. The van der Waals surface area contributed by atoms with Gasteiger partial charge in [0.2, 0.25) is 10.0 Å². The highest BCUT2D eigenvalue weighted by Crippen LogP contribution is 2.32. The van der Waals surface area contributed by atoms with E-state index in [1.54, 1.807) is 18.2 Å². The summed E-state index contributed by atoms with van der Waals surface area (Å²) in [5.41, 5.74) is 1.87. The number of nitrogens with zero attached hydrogens (tertiary/aromatic N) is 1. The maximum Gasteiger partial charge on any atom is 0.406 e. The van der Waals surface area contributed by atoms with Crippen molar-refractivity contribution in [2.75, 3.05) is 24.3 Å².